The van der Waals surface area contributed by atoms with E-state index in [-0.39, 0.29) is 24.9 Å². The molecule has 0 aromatic carbocycles. The lowest BCUT2D eigenvalue weighted by molar-refractivity contribution is -0.151. The molecule has 0 aliphatic heterocycles. The Labute approximate surface area is 335 Å². The molecule has 0 aliphatic rings. The Morgan fingerprint density at radius 2 is 0.926 bits per heavy atom. The predicted octanol–water partition coefficient (Wildman–Crippen LogP) is 13.6. The van der Waals surface area contributed by atoms with Gasteiger partial charge in [0.05, 0.1) is 25.2 Å². The van der Waals surface area contributed by atoms with Gasteiger partial charge < -0.3 is 20.3 Å². The number of rotatable bonds is 42. The predicted molar refractivity (Wildman–Crippen MR) is 232 cm³/mol. The van der Waals surface area contributed by atoms with Gasteiger partial charge in [0, 0.05) is 6.42 Å². The molecular weight excluding hydrogens is 671 g/mol. The Kier molecular flexibility index (Phi) is 41.2. The molecule has 6 heteroatoms. The highest BCUT2D eigenvalue weighted by atomic mass is 16.5. The molecule has 3 atom stereocenters. The van der Waals surface area contributed by atoms with Gasteiger partial charge in [-0.05, 0) is 51.4 Å². The van der Waals surface area contributed by atoms with Crippen LogP contribution >= 0.6 is 0 Å². The van der Waals surface area contributed by atoms with Crippen molar-refractivity contribution in [1.29, 1.82) is 0 Å². The molecule has 3 N–H and O–H groups in total. The molecule has 0 aromatic heterocycles. The van der Waals surface area contributed by atoms with E-state index in [4.69, 9.17) is 4.74 Å². The molecule has 0 spiro atoms. The molecular formula is C48H91NO5. The largest absolute Gasteiger partial charge is 0.462 e. The number of hydrogen-bond donors (Lipinski definition) is 3. The number of nitrogens with one attached hydrogen (secondary N) is 1. The first kappa shape index (κ1) is 52.3. The summed E-state index contributed by atoms with van der Waals surface area (Å²) in [7, 11) is 0. The third-order valence-electron chi connectivity index (χ3n) is 10.8. The van der Waals surface area contributed by atoms with Crippen molar-refractivity contribution in [3.05, 3.63) is 24.3 Å². The van der Waals surface area contributed by atoms with E-state index in [0.717, 1.165) is 57.8 Å². The zero-order valence-corrected chi connectivity index (χ0v) is 36.1. The van der Waals surface area contributed by atoms with E-state index in [1.165, 1.54) is 141 Å². The second-order valence-electron chi connectivity index (χ2n) is 16.2. The maximum Gasteiger partial charge on any atom is 0.306 e. The lowest BCUT2D eigenvalue weighted by Gasteiger charge is -2.24. The number of carbonyl (C=O) groups is 2. The summed E-state index contributed by atoms with van der Waals surface area (Å²) in [5, 5.41) is 23.6. The third-order valence-corrected chi connectivity index (χ3v) is 10.8. The van der Waals surface area contributed by atoms with Crippen molar-refractivity contribution in [2.45, 2.75) is 264 Å². The van der Waals surface area contributed by atoms with Crippen molar-refractivity contribution < 1.29 is 24.5 Å². The molecule has 318 valence electrons. The van der Waals surface area contributed by atoms with Gasteiger partial charge in [-0.15, -0.1) is 0 Å². The summed E-state index contributed by atoms with van der Waals surface area (Å²) in [6.07, 6.45) is 46.7. The maximum atomic E-state index is 13.1. The summed E-state index contributed by atoms with van der Waals surface area (Å²) in [4.78, 5) is 25.9. The molecule has 1 amide bonds. The number of allylic oxidation sites excluding steroid dienone is 4. The number of hydrogen-bond acceptors (Lipinski definition) is 5. The highest BCUT2D eigenvalue weighted by molar-refractivity contribution is 5.77. The number of ether oxygens (including phenoxy) is 1. The van der Waals surface area contributed by atoms with Gasteiger partial charge >= 0.3 is 5.97 Å². The molecule has 0 bridgehead atoms. The average Bonchev–Trinajstić information content (AvgIpc) is 3.16. The van der Waals surface area contributed by atoms with Crippen LogP contribution in [-0.4, -0.2) is 46.9 Å². The van der Waals surface area contributed by atoms with Crippen molar-refractivity contribution in [1.82, 2.24) is 5.32 Å². The van der Waals surface area contributed by atoms with Crippen LogP contribution in [0.25, 0.3) is 0 Å². The average molecular weight is 762 g/mol. The van der Waals surface area contributed by atoms with Crippen LogP contribution in [0, 0.1) is 0 Å². The van der Waals surface area contributed by atoms with Crippen LogP contribution in [-0.2, 0) is 14.3 Å². The second kappa shape index (κ2) is 42.5. The lowest BCUT2D eigenvalue weighted by Crippen LogP contribution is -2.46. The topological polar surface area (TPSA) is 95.9 Å². The van der Waals surface area contributed by atoms with E-state index in [0.29, 0.717) is 19.3 Å². The Bertz CT molecular complexity index is 858. The van der Waals surface area contributed by atoms with Crippen molar-refractivity contribution >= 4 is 11.9 Å². The van der Waals surface area contributed by atoms with Crippen LogP contribution < -0.4 is 5.32 Å². The Morgan fingerprint density at radius 1 is 0.537 bits per heavy atom. The Morgan fingerprint density at radius 3 is 1.41 bits per heavy atom. The standard InChI is InChI=1S/C48H91NO5/c1-4-7-10-13-16-18-20-22-23-25-27-29-32-35-38-41-48(53)54-44(39-36-33-30-15-12-9-6-3)42-47(52)49-45(43-50)46(51)40-37-34-31-28-26-24-21-19-17-14-11-8-5-2/h16,18,20,22,44-46,50-51H,4-15,17,19,21,23-43H2,1-3H3,(H,49,52)/b18-16+,22-20+. The molecule has 3 unspecified atom stereocenters. The van der Waals surface area contributed by atoms with Crippen LogP contribution in [0.15, 0.2) is 24.3 Å². The monoisotopic (exact) mass is 762 g/mol. The van der Waals surface area contributed by atoms with E-state index in [9.17, 15) is 19.8 Å². The minimum atomic E-state index is -0.783. The van der Waals surface area contributed by atoms with Gasteiger partial charge in [-0.25, -0.2) is 0 Å². The Hall–Kier alpha value is -1.66. The normalized spacial score (nSPS) is 13.5. The molecule has 0 aromatic rings. The smallest absolute Gasteiger partial charge is 0.306 e. The first-order chi connectivity index (χ1) is 26.5. The highest BCUT2D eigenvalue weighted by Gasteiger charge is 2.24. The summed E-state index contributed by atoms with van der Waals surface area (Å²) in [6.45, 7) is 6.42. The number of amides is 1. The van der Waals surface area contributed by atoms with Gasteiger partial charge in [-0.2, -0.15) is 0 Å². The van der Waals surface area contributed by atoms with E-state index in [2.05, 4.69) is 50.4 Å². The lowest BCUT2D eigenvalue weighted by atomic mass is 10.0. The second-order valence-corrected chi connectivity index (χ2v) is 16.2. The van der Waals surface area contributed by atoms with Crippen molar-refractivity contribution in [2.75, 3.05) is 6.61 Å². The molecule has 0 fully saturated rings. The Balaban J connectivity index is 4.42. The SMILES string of the molecule is CCCCC/C=C/C=C/CCCCCCCCC(=O)OC(CCCCCCCCC)CC(=O)NC(CO)C(O)CCCCCCCCCCCCCCC. The van der Waals surface area contributed by atoms with Gasteiger partial charge in [0.15, 0.2) is 0 Å². The zero-order valence-electron chi connectivity index (χ0n) is 36.1. The number of esters is 1. The molecule has 0 heterocycles. The van der Waals surface area contributed by atoms with Crippen LogP contribution in [0.4, 0.5) is 0 Å². The molecule has 6 nitrogen and oxygen atoms in total. The van der Waals surface area contributed by atoms with E-state index in [1.807, 2.05) is 0 Å². The summed E-state index contributed by atoms with van der Waals surface area (Å²) in [6, 6.07) is -0.696. The fourth-order valence-electron chi connectivity index (χ4n) is 7.19. The maximum absolute atomic E-state index is 13.1. The summed E-state index contributed by atoms with van der Waals surface area (Å²) < 4.78 is 5.88. The molecule has 54 heavy (non-hydrogen) atoms. The minimum Gasteiger partial charge on any atom is -0.462 e. The van der Waals surface area contributed by atoms with Crippen molar-refractivity contribution in [3.8, 4) is 0 Å². The van der Waals surface area contributed by atoms with Crippen LogP contribution in [0.3, 0.4) is 0 Å². The van der Waals surface area contributed by atoms with Gasteiger partial charge in [-0.3, -0.25) is 9.59 Å². The molecule has 0 saturated heterocycles. The van der Waals surface area contributed by atoms with E-state index >= 15 is 0 Å². The third kappa shape index (κ3) is 37.3. The number of carbonyl (C=O) groups excluding carboxylic acids is 2. The zero-order chi connectivity index (χ0) is 39.6. The highest BCUT2D eigenvalue weighted by Crippen LogP contribution is 2.18. The van der Waals surface area contributed by atoms with Crippen LogP contribution in [0.1, 0.15) is 245 Å². The molecule has 0 rings (SSSR count). The van der Waals surface area contributed by atoms with E-state index < -0.39 is 18.2 Å². The number of aliphatic hydroxyl groups excluding tert-OH is 2. The fourth-order valence-corrected chi connectivity index (χ4v) is 7.19. The molecule has 0 radical (unpaired) electrons. The summed E-state index contributed by atoms with van der Waals surface area (Å²) in [5.41, 5.74) is 0. The van der Waals surface area contributed by atoms with Crippen LogP contribution in [0.2, 0.25) is 0 Å². The summed E-state index contributed by atoms with van der Waals surface area (Å²) in [5.74, 6) is -0.484. The molecule has 0 saturated carbocycles. The number of aliphatic hydroxyl groups is 2. The molecule has 0 aliphatic carbocycles. The number of unbranched alkanes of at least 4 members (excludes halogenated alkanes) is 27. The van der Waals surface area contributed by atoms with Gasteiger partial charge in [0.25, 0.3) is 0 Å². The quantitative estimate of drug-likeness (QED) is 0.0327. The first-order valence-electron chi connectivity index (χ1n) is 23.6. The van der Waals surface area contributed by atoms with Gasteiger partial charge in [0.2, 0.25) is 5.91 Å². The van der Waals surface area contributed by atoms with Crippen LogP contribution in [0.5, 0.6) is 0 Å². The summed E-state index contributed by atoms with van der Waals surface area (Å²) >= 11 is 0. The fraction of sp³-hybridized carbons (Fsp3) is 0.875. The van der Waals surface area contributed by atoms with E-state index in [1.54, 1.807) is 0 Å². The van der Waals surface area contributed by atoms with Crippen molar-refractivity contribution in [2.24, 2.45) is 0 Å². The minimum absolute atomic E-state index is 0.0760. The van der Waals surface area contributed by atoms with Gasteiger partial charge in [0.1, 0.15) is 6.10 Å². The van der Waals surface area contributed by atoms with Gasteiger partial charge in [-0.1, -0.05) is 206 Å². The first-order valence-corrected chi connectivity index (χ1v) is 23.6. The van der Waals surface area contributed by atoms with Crippen molar-refractivity contribution in [3.63, 3.8) is 0 Å².